The molecule has 0 aliphatic carbocycles. The van der Waals surface area contributed by atoms with Crippen LogP contribution < -0.4 is 9.47 Å². The summed E-state index contributed by atoms with van der Waals surface area (Å²) in [6, 6.07) is 10.4. The molecule has 1 saturated heterocycles. The van der Waals surface area contributed by atoms with E-state index < -0.39 is 0 Å². The van der Waals surface area contributed by atoms with E-state index in [2.05, 4.69) is 26.7 Å². The number of nitrogens with zero attached hydrogens (tertiary/aromatic N) is 3. The summed E-state index contributed by atoms with van der Waals surface area (Å²) in [6.45, 7) is 1.48. The molecule has 1 fully saturated rings. The first-order valence-electron chi connectivity index (χ1n) is 9.27. The van der Waals surface area contributed by atoms with E-state index in [-0.39, 0.29) is 19.3 Å². The zero-order chi connectivity index (χ0) is 20.1. The topological polar surface area (TPSA) is 95.7 Å². The molecule has 150 valence electrons. The molecule has 0 bridgehead atoms. The summed E-state index contributed by atoms with van der Waals surface area (Å²) in [5.41, 5.74) is 2.30. The maximum absolute atomic E-state index is 8.36. The zero-order valence-corrected chi connectivity index (χ0v) is 15.7. The maximum Gasteiger partial charge on any atom is 0.290 e. The molecule has 0 amide bonds. The van der Waals surface area contributed by atoms with E-state index in [1.807, 2.05) is 43.0 Å². The number of aromatic nitrogens is 3. The molecular weight excluding hydrogens is 374 g/mol. The van der Waals surface area contributed by atoms with Crippen molar-refractivity contribution in [3.63, 3.8) is 0 Å². The average molecular weight is 395 g/mol. The molecule has 3 aromatic rings. The third-order valence-corrected chi connectivity index (χ3v) is 5.07. The molecule has 1 N–H and O–H groups in total. The lowest BCUT2D eigenvalue weighted by atomic mass is 9.95. The Morgan fingerprint density at radius 3 is 2.72 bits per heavy atom. The standard InChI is InChI=1S/C20H19N3O3.CH2O2/c1-2-18-19(26-13-25-18)10-15(1)20-22-7-8-23(20)17-12-24-11-16(17)9-14-3-5-21-6-4-14;2-1-3/h1-8,10,16-17H,9,11-13H2;1H,(H,2,3)/t16-,17+;/m0./s1. The number of hydrogen-bond acceptors (Lipinski definition) is 6. The second-order valence-electron chi connectivity index (χ2n) is 6.76. The first-order valence-corrected chi connectivity index (χ1v) is 9.27. The van der Waals surface area contributed by atoms with Gasteiger partial charge in [-0.3, -0.25) is 9.78 Å². The van der Waals surface area contributed by atoms with Crippen molar-refractivity contribution in [1.82, 2.24) is 14.5 Å². The Morgan fingerprint density at radius 1 is 1.10 bits per heavy atom. The van der Waals surface area contributed by atoms with E-state index in [1.165, 1.54) is 5.56 Å². The normalized spacial score (nSPS) is 19.4. The van der Waals surface area contributed by atoms with E-state index in [0.717, 1.165) is 35.9 Å². The summed E-state index contributed by atoms with van der Waals surface area (Å²) in [5, 5.41) is 6.89. The van der Waals surface area contributed by atoms with Gasteiger partial charge in [0.2, 0.25) is 6.79 Å². The minimum Gasteiger partial charge on any atom is -0.483 e. The van der Waals surface area contributed by atoms with Gasteiger partial charge in [0.05, 0.1) is 19.3 Å². The molecular formula is C21H21N3O5. The minimum absolute atomic E-state index is 0.250. The highest BCUT2D eigenvalue weighted by Gasteiger charge is 2.31. The number of pyridine rings is 1. The van der Waals surface area contributed by atoms with Crippen molar-refractivity contribution < 1.29 is 24.1 Å². The molecule has 29 heavy (non-hydrogen) atoms. The quantitative estimate of drug-likeness (QED) is 0.679. The van der Waals surface area contributed by atoms with Gasteiger partial charge in [-0.1, -0.05) is 0 Å². The van der Waals surface area contributed by atoms with Crippen LogP contribution in [0.1, 0.15) is 11.6 Å². The highest BCUT2D eigenvalue weighted by Crippen LogP contribution is 2.37. The van der Waals surface area contributed by atoms with Crippen LogP contribution in [0.5, 0.6) is 11.5 Å². The number of carbonyl (C=O) groups is 1. The Kier molecular flexibility index (Phi) is 5.71. The number of fused-ring (bicyclic) bond motifs is 1. The first kappa shape index (κ1) is 18.9. The van der Waals surface area contributed by atoms with Crippen LogP contribution in [0.3, 0.4) is 0 Å². The van der Waals surface area contributed by atoms with Gasteiger partial charge in [-0.25, -0.2) is 4.98 Å². The minimum atomic E-state index is -0.250. The first-order chi connectivity index (χ1) is 14.3. The van der Waals surface area contributed by atoms with Gasteiger partial charge in [0.15, 0.2) is 11.5 Å². The highest BCUT2D eigenvalue weighted by molar-refractivity contribution is 5.62. The van der Waals surface area contributed by atoms with Gasteiger partial charge in [-0.2, -0.15) is 0 Å². The van der Waals surface area contributed by atoms with Gasteiger partial charge in [-0.05, 0) is 42.3 Å². The van der Waals surface area contributed by atoms with Crippen molar-refractivity contribution in [2.75, 3.05) is 20.0 Å². The molecule has 8 nitrogen and oxygen atoms in total. The van der Waals surface area contributed by atoms with Crippen LogP contribution in [-0.4, -0.2) is 46.1 Å². The number of ether oxygens (including phenoxy) is 3. The summed E-state index contributed by atoms with van der Waals surface area (Å²) >= 11 is 0. The van der Waals surface area contributed by atoms with Crippen LogP contribution in [0.15, 0.2) is 55.1 Å². The van der Waals surface area contributed by atoms with Crippen molar-refractivity contribution >= 4 is 6.47 Å². The number of carboxylic acid groups (broad SMARTS) is 1. The third-order valence-electron chi connectivity index (χ3n) is 5.07. The van der Waals surface area contributed by atoms with E-state index in [9.17, 15) is 0 Å². The SMILES string of the molecule is O=CO.c1cc(C[C@H]2COC[C@H]2n2ccnc2-c2ccc3c(c2)OCO3)ccn1. The van der Waals surface area contributed by atoms with Crippen LogP contribution in [0.25, 0.3) is 11.4 Å². The summed E-state index contributed by atoms with van der Waals surface area (Å²) in [6.07, 6.45) is 8.54. The number of rotatable bonds is 4. The Labute approximate surface area is 167 Å². The molecule has 5 rings (SSSR count). The summed E-state index contributed by atoms with van der Waals surface area (Å²) in [7, 11) is 0. The summed E-state index contributed by atoms with van der Waals surface area (Å²) in [5.74, 6) is 2.89. The zero-order valence-electron chi connectivity index (χ0n) is 15.7. The summed E-state index contributed by atoms with van der Waals surface area (Å²) in [4.78, 5) is 17.1. The molecule has 2 aliphatic rings. The second-order valence-corrected chi connectivity index (χ2v) is 6.76. The van der Waals surface area contributed by atoms with Gasteiger partial charge >= 0.3 is 0 Å². The second kappa shape index (κ2) is 8.74. The monoisotopic (exact) mass is 395 g/mol. The van der Waals surface area contributed by atoms with Crippen LogP contribution >= 0.6 is 0 Å². The molecule has 0 unspecified atom stereocenters. The summed E-state index contributed by atoms with van der Waals surface area (Å²) < 4.78 is 19.0. The fraction of sp³-hybridized carbons (Fsp3) is 0.286. The van der Waals surface area contributed by atoms with E-state index in [0.29, 0.717) is 12.5 Å². The molecule has 2 aromatic heterocycles. The van der Waals surface area contributed by atoms with E-state index in [1.54, 1.807) is 0 Å². The van der Waals surface area contributed by atoms with Gasteiger partial charge in [0.25, 0.3) is 6.47 Å². The molecule has 1 aromatic carbocycles. The number of benzene rings is 1. The number of hydrogen-bond donors (Lipinski definition) is 1. The predicted octanol–water partition coefficient (Wildman–Crippen LogP) is 2.80. The van der Waals surface area contributed by atoms with Crippen molar-refractivity contribution in [1.29, 1.82) is 0 Å². The van der Waals surface area contributed by atoms with Crippen LogP contribution in [0, 0.1) is 5.92 Å². The van der Waals surface area contributed by atoms with Gasteiger partial charge in [0, 0.05) is 36.3 Å². The molecule has 0 saturated carbocycles. The molecule has 4 heterocycles. The highest BCUT2D eigenvalue weighted by atomic mass is 16.7. The number of imidazole rings is 1. The average Bonchev–Trinajstić information content (AvgIpc) is 3.49. The molecule has 2 aliphatic heterocycles. The van der Waals surface area contributed by atoms with Gasteiger partial charge in [-0.15, -0.1) is 0 Å². The Morgan fingerprint density at radius 2 is 1.90 bits per heavy atom. The lowest BCUT2D eigenvalue weighted by molar-refractivity contribution is -0.122. The van der Waals surface area contributed by atoms with Crippen molar-refractivity contribution in [3.8, 4) is 22.9 Å². The molecule has 0 spiro atoms. The fourth-order valence-corrected chi connectivity index (χ4v) is 3.75. The molecule has 0 radical (unpaired) electrons. The lowest BCUT2D eigenvalue weighted by Crippen LogP contribution is -2.20. The maximum atomic E-state index is 8.36. The Bertz CT molecular complexity index is 960. The Hall–Kier alpha value is -3.39. The molecule has 2 atom stereocenters. The third kappa shape index (κ3) is 4.07. The largest absolute Gasteiger partial charge is 0.483 e. The lowest BCUT2D eigenvalue weighted by Gasteiger charge is -2.21. The fourth-order valence-electron chi connectivity index (χ4n) is 3.75. The van der Waals surface area contributed by atoms with Crippen LogP contribution in [-0.2, 0) is 16.0 Å². The van der Waals surface area contributed by atoms with Crippen LogP contribution in [0.2, 0.25) is 0 Å². The Balaban J connectivity index is 0.000000645. The smallest absolute Gasteiger partial charge is 0.290 e. The van der Waals surface area contributed by atoms with Gasteiger partial charge in [0.1, 0.15) is 5.82 Å². The van der Waals surface area contributed by atoms with Crippen molar-refractivity contribution in [3.05, 3.63) is 60.7 Å². The predicted molar refractivity (Wildman–Crippen MR) is 104 cm³/mol. The van der Waals surface area contributed by atoms with E-state index in [4.69, 9.17) is 24.1 Å². The van der Waals surface area contributed by atoms with E-state index >= 15 is 0 Å². The molecule has 8 heteroatoms. The van der Waals surface area contributed by atoms with Crippen LogP contribution in [0.4, 0.5) is 0 Å². The van der Waals surface area contributed by atoms with Crippen molar-refractivity contribution in [2.24, 2.45) is 5.92 Å². The van der Waals surface area contributed by atoms with Gasteiger partial charge < -0.3 is 23.9 Å². The van der Waals surface area contributed by atoms with Crippen molar-refractivity contribution in [2.45, 2.75) is 12.5 Å².